The van der Waals surface area contributed by atoms with Crippen molar-refractivity contribution in [2.75, 3.05) is 5.32 Å². The number of rotatable bonds is 4. The zero-order valence-corrected chi connectivity index (χ0v) is 12.6. The van der Waals surface area contributed by atoms with Crippen LogP contribution in [0.15, 0.2) is 41.3 Å². The third-order valence-electron chi connectivity index (χ3n) is 3.46. The summed E-state index contributed by atoms with van der Waals surface area (Å²) in [7, 11) is -4.45. The molecule has 0 radical (unpaired) electrons. The predicted molar refractivity (Wildman–Crippen MR) is 95.3 cm³/mol. The summed E-state index contributed by atoms with van der Waals surface area (Å²) in [6.07, 6.45) is 0.640. The Labute approximate surface area is 138 Å². The molecule has 0 aromatic heterocycles. The zero-order valence-electron chi connectivity index (χ0n) is 11.8. The number of nitrogens with one attached hydrogen (secondary N) is 1. The standard InChI is InChI=1S/C15H17NO4S.2CH4/c1-3-10(2)15(17)16-13-9-8-11-6-4-5-7-12(11)14(13)21(18,19)20;;/h4-10H,3H2,1-2H3,(H,16,17)(H,18,19,20);2*1H4. The van der Waals surface area contributed by atoms with Crippen molar-refractivity contribution in [3.8, 4) is 0 Å². The maximum Gasteiger partial charge on any atom is 0.297 e. The van der Waals surface area contributed by atoms with E-state index in [1.54, 1.807) is 37.3 Å². The van der Waals surface area contributed by atoms with Gasteiger partial charge in [-0.1, -0.05) is 59.0 Å². The molecule has 0 saturated heterocycles. The fraction of sp³-hybridized carbons (Fsp3) is 0.353. The third-order valence-corrected chi connectivity index (χ3v) is 4.41. The molecule has 2 aromatic carbocycles. The highest BCUT2D eigenvalue weighted by Gasteiger charge is 2.21. The number of hydrogen-bond donors (Lipinski definition) is 2. The third kappa shape index (κ3) is 4.53. The second-order valence-electron chi connectivity index (χ2n) is 4.94. The van der Waals surface area contributed by atoms with E-state index in [1.165, 1.54) is 6.07 Å². The predicted octanol–water partition coefficient (Wildman–Crippen LogP) is 4.34. The van der Waals surface area contributed by atoms with Crippen LogP contribution in [0, 0.1) is 5.92 Å². The molecule has 6 heteroatoms. The number of hydrogen-bond acceptors (Lipinski definition) is 3. The molecular weight excluding hydrogens is 314 g/mol. The fourth-order valence-corrected chi connectivity index (χ4v) is 2.92. The minimum atomic E-state index is -4.45. The van der Waals surface area contributed by atoms with E-state index in [1.807, 2.05) is 6.92 Å². The van der Waals surface area contributed by atoms with E-state index in [0.717, 1.165) is 0 Å². The van der Waals surface area contributed by atoms with Gasteiger partial charge in [-0.15, -0.1) is 0 Å². The van der Waals surface area contributed by atoms with E-state index in [-0.39, 0.29) is 37.3 Å². The molecule has 0 aliphatic heterocycles. The van der Waals surface area contributed by atoms with Crippen molar-refractivity contribution in [1.29, 1.82) is 0 Å². The Hall–Kier alpha value is -1.92. The monoisotopic (exact) mass is 339 g/mol. The fourth-order valence-electron chi connectivity index (χ4n) is 2.06. The van der Waals surface area contributed by atoms with Crippen molar-refractivity contribution in [2.45, 2.75) is 40.0 Å². The van der Waals surface area contributed by atoms with E-state index in [9.17, 15) is 17.8 Å². The van der Waals surface area contributed by atoms with Crippen molar-refractivity contribution in [1.82, 2.24) is 0 Å². The quantitative estimate of drug-likeness (QED) is 0.811. The van der Waals surface area contributed by atoms with Crippen LogP contribution in [0.5, 0.6) is 0 Å². The minimum absolute atomic E-state index is 0. The lowest BCUT2D eigenvalue weighted by atomic mass is 10.1. The van der Waals surface area contributed by atoms with Crippen LogP contribution in [0.1, 0.15) is 35.1 Å². The lowest BCUT2D eigenvalue weighted by Crippen LogP contribution is -2.21. The molecule has 0 aliphatic carbocycles. The summed E-state index contributed by atoms with van der Waals surface area (Å²) < 4.78 is 32.9. The normalized spacial score (nSPS) is 12.0. The van der Waals surface area contributed by atoms with E-state index in [2.05, 4.69) is 5.32 Å². The summed E-state index contributed by atoms with van der Waals surface area (Å²) in [4.78, 5) is 11.7. The van der Waals surface area contributed by atoms with Gasteiger partial charge in [0.2, 0.25) is 5.91 Å². The van der Waals surface area contributed by atoms with Gasteiger partial charge in [0, 0.05) is 11.3 Å². The van der Waals surface area contributed by atoms with Crippen LogP contribution in [0.2, 0.25) is 0 Å². The van der Waals surface area contributed by atoms with Crippen molar-refractivity contribution in [2.24, 2.45) is 5.92 Å². The van der Waals surface area contributed by atoms with Crippen LogP contribution in [0.4, 0.5) is 5.69 Å². The molecule has 2 rings (SSSR count). The number of fused-ring (bicyclic) bond motifs is 1. The molecule has 1 unspecified atom stereocenters. The van der Waals surface area contributed by atoms with Crippen LogP contribution in [0.3, 0.4) is 0 Å². The molecule has 2 N–H and O–H groups in total. The van der Waals surface area contributed by atoms with Crippen LogP contribution in [-0.4, -0.2) is 18.9 Å². The Balaban J connectivity index is 0.00000242. The molecular formula is C17H25NO4S. The Kier molecular flexibility index (Phi) is 7.40. The molecule has 2 aromatic rings. The first-order valence-electron chi connectivity index (χ1n) is 6.64. The average molecular weight is 339 g/mol. The first-order chi connectivity index (χ1) is 9.84. The van der Waals surface area contributed by atoms with Gasteiger partial charge in [-0.05, 0) is 17.9 Å². The smallest absolute Gasteiger partial charge is 0.297 e. The summed E-state index contributed by atoms with van der Waals surface area (Å²) in [6, 6.07) is 9.98. The topological polar surface area (TPSA) is 83.5 Å². The summed E-state index contributed by atoms with van der Waals surface area (Å²) in [5, 5.41) is 3.63. The van der Waals surface area contributed by atoms with Gasteiger partial charge in [-0.3, -0.25) is 9.35 Å². The van der Waals surface area contributed by atoms with Gasteiger partial charge in [0.25, 0.3) is 10.1 Å². The number of benzene rings is 2. The number of carbonyl (C=O) groups excluding carboxylic acids is 1. The molecule has 0 bridgehead atoms. The molecule has 0 saturated carbocycles. The maximum atomic E-state index is 12.0. The summed E-state index contributed by atoms with van der Waals surface area (Å²) in [5.74, 6) is -0.525. The van der Waals surface area contributed by atoms with Gasteiger partial charge in [-0.25, -0.2) is 0 Å². The number of amides is 1. The van der Waals surface area contributed by atoms with Crippen molar-refractivity contribution in [3.63, 3.8) is 0 Å². The highest BCUT2D eigenvalue weighted by atomic mass is 32.2. The number of carbonyl (C=O) groups is 1. The van der Waals surface area contributed by atoms with E-state index < -0.39 is 10.1 Å². The van der Waals surface area contributed by atoms with Gasteiger partial charge in [0.1, 0.15) is 4.90 Å². The maximum absolute atomic E-state index is 12.0. The Morgan fingerprint density at radius 1 is 1.17 bits per heavy atom. The van der Waals surface area contributed by atoms with Crippen molar-refractivity contribution < 1.29 is 17.8 Å². The SMILES string of the molecule is C.C.CCC(C)C(=O)Nc1ccc2ccccc2c1S(=O)(=O)O. The van der Waals surface area contributed by atoms with Gasteiger partial charge in [0.05, 0.1) is 5.69 Å². The molecule has 0 aliphatic rings. The van der Waals surface area contributed by atoms with Crippen LogP contribution in [0.25, 0.3) is 10.8 Å². The Morgan fingerprint density at radius 2 is 1.78 bits per heavy atom. The second kappa shape index (κ2) is 8.08. The molecule has 1 amide bonds. The zero-order chi connectivity index (χ0) is 15.6. The van der Waals surface area contributed by atoms with Gasteiger partial charge in [-0.2, -0.15) is 8.42 Å². The van der Waals surface area contributed by atoms with E-state index in [0.29, 0.717) is 17.2 Å². The molecule has 0 heterocycles. The molecule has 0 fully saturated rings. The highest BCUT2D eigenvalue weighted by molar-refractivity contribution is 7.86. The van der Waals surface area contributed by atoms with Crippen LogP contribution >= 0.6 is 0 Å². The lowest BCUT2D eigenvalue weighted by molar-refractivity contribution is -0.119. The first kappa shape index (κ1) is 21.1. The molecule has 5 nitrogen and oxygen atoms in total. The summed E-state index contributed by atoms with van der Waals surface area (Å²) >= 11 is 0. The first-order valence-corrected chi connectivity index (χ1v) is 8.08. The Bertz CT molecular complexity index is 784. The summed E-state index contributed by atoms with van der Waals surface area (Å²) in [5.41, 5.74) is 0.0986. The van der Waals surface area contributed by atoms with Crippen LogP contribution < -0.4 is 5.32 Å². The number of anilines is 1. The van der Waals surface area contributed by atoms with E-state index >= 15 is 0 Å². The summed E-state index contributed by atoms with van der Waals surface area (Å²) in [6.45, 7) is 3.62. The lowest BCUT2D eigenvalue weighted by Gasteiger charge is -2.14. The van der Waals surface area contributed by atoms with Gasteiger partial charge >= 0.3 is 0 Å². The second-order valence-corrected chi connectivity index (χ2v) is 6.30. The average Bonchev–Trinajstić information content (AvgIpc) is 2.44. The molecule has 1 atom stereocenters. The molecule has 23 heavy (non-hydrogen) atoms. The Morgan fingerprint density at radius 3 is 2.35 bits per heavy atom. The van der Waals surface area contributed by atoms with Crippen LogP contribution in [-0.2, 0) is 14.9 Å². The van der Waals surface area contributed by atoms with E-state index in [4.69, 9.17) is 0 Å². The largest absolute Gasteiger partial charge is 0.325 e. The highest BCUT2D eigenvalue weighted by Crippen LogP contribution is 2.30. The van der Waals surface area contributed by atoms with Gasteiger partial charge in [0.15, 0.2) is 0 Å². The molecule has 0 spiro atoms. The minimum Gasteiger partial charge on any atom is -0.325 e. The van der Waals surface area contributed by atoms with Gasteiger partial charge < -0.3 is 5.32 Å². The molecule has 128 valence electrons. The van der Waals surface area contributed by atoms with Crippen molar-refractivity contribution >= 4 is 32.5 Å². The van der Waals surface area contributed by atoms with Crippen molar-refractivity contribution in [3.05, 3.63) is 36.4 Å².